The summed E-state index contributed by atoms with van der Waals surface area (Å²) in [7, 11) is 1.29. The Morgan fingerprint density at radius 2 is 1.70 bits per heavy atom. The number of carbonyl (C=O) groups is 1. The summed E-state index contributed by atoms with van der Waals surface area (Å²) >= 11 is 6.07. The van der Waals surface area contributed by atoms with Gasteiger partial charge < -0.3 is 15.0 Å². The lowest BCUT2D eigenvalue weighted by Crippen LogP contribution is -2.48. The molecule has 0 saturated carbocycles. The molecule has 5 nitrogen and oxygen atoms in total. The molecule has 1 aliphatic heterocycles. The number of hydrogen-bond acceptors (Lipinski definition) is 3. The highest BCUT2D eigenvalue weighted by molar-refractivity contribution is 6.30. The lowest BCUT2D eigenvalue weighted by Gasteiger charge is -2.38. The van der Waals surface area contributed by atoms with Gasteiger partial charge in [-0.1, -0.05) is 66.2 Å². The molecular formula is C28H25ClF3N3O2. The van der Waals surface area contributed by atoms with Gasteiger partial charge in [-0.05, 0) is 47.9 Å². The quantitative estimate of drug-likeness (QED) is 0.371. The van der Waals surface area contributed by atoms with Crippen LogP contribution in [0.2, 0.25) is 5.02 Å². The Bertz CT molecular complexity index is 1320. The molecule has 3 aromatic carbocycles. The third-order valence-electron chi connectivity index (χ3n) is 6.07. The number of esters is 1. The van der Waals surface area contributed by atoms with Gasteiger partial charge in [0.05, 0.1) is 37.4 Å². The van der Waals surface area contributed by atoms with Crippen molar-refractivity contribution in [2.75, 3.05) is 7.11 Å². The molecule has 1 N–H and O–H groups in total. The molecule has 0 bridgehead atoms. The van der Waals surface area contributed by atoms with Gasteiger partial charge in [0.15, 0.2) is 5.96 Å². The van der Waals surface area contributed by atoms with Crippen molar-refractivity contribution in [2.45, 2.75) is 32.2 Å². The molecule has 1 aliphatic rings. The van der Waals surface area contributed by atoms with Crippen LogP contribution < -0.4 is 5.32 Å². The fourth-order valence-corrected chi connectivity index (χ4v) is 4.30. The standard InChI is InChI=1S/C28H25ClF3N3O2/c1-18-24(26(36)37-2)25(21-11-13-23(29)14-12-21)34-27(33-16-19-7-4-3-5-8-19)35(18)17-20-9-6-10-22(15-20)28(30,31)32/h3-15,25H,16-17H2,1-2H3,(H,33,34). The van der Waals surface area contributed by atoms with Gasteiger partial charge >= 0.3 is 12.1 Å². The maximum absolute atomic E-state index is 13.4. The van der Waals surface area contributed by atoms with Crippen molar-refractivity contribution < 1.29 is 22.7 Å². The van der Waals surface area contributed by atoms with Crippen LogP contribution in [0.3, 0.4) is 0 Å². The number of carbonyl (C=O) groups excluding carboxylic acids is 1. The second-order valence-corrected chi connectivity index (χ2v) is 8.97. The third-order valence-corrected chi connectivity index (χ3v) is 6.32. The maximum Gasteiger partial charge on any atom is 0.416 e. The minimum absolute atomic E-state index is 0.0597. The van der Waals surface area contributed by atoms with E-state index in [0.717, 1.165) is 23.3 Å². The number of ether oxygens (including phenoxy) is 1. The zero-order chi connectivity index (χ0) is 26.6. The monoisotopic (exact) mass is 527 g/mol. The van der Waals surface area contributed by atoms with Gasteiger partial charge in [-0.15, -0.1) is 0 Å². The van der Waals surface area contributed by atoms with Crippen molar-refractivity contribution in [1.29, 1.82) is 0 Å². The number of benzene rings is 3. The predicted molar refractivity (Wildman–Crippen MR) is 137 cm³/mol. The van der Waals surface area contributed by atoms with E-state index in [1.165, 1.54) is 13.2 Å². The van der Waals surface area contributed by atoms with E-state index in [9.17, 15) is 18.0 Å². The van der Waals surface area contributed by atoms with Crippen LogP contribution in [0.15, 0.2) is 95.1 Å². The van der Waals surface area contributed by atoms with Gasteiger partial charge in [0.25, 0.3) is 0 Å². The van der Waals surface area contributed by atoms with Crippen LogP contribution in [0, 0.1) is 0 Å². The zero-order valence-corrected chi connectivity index (χ0v) is 21.0. The molecule has 0 amide bonds. The molecule has 0 fully saturated rings. The number of guanidine groups is 1. The van der Waals surface area contributed by atoms with Crippen molar-refractivity contribution in [1.82, 2.24) is 10.2 Å². The molecule has 0 saturated heterocycles. The van der Waals surface area contributed by atoms with E-state index in [4.69, 9.17) is 21.3 Å². The van der Waals surface area contributed by atoms with Gasteiger partial charge in [-0.2, -0.15) is 13.2 Å². The largest absolute Gasteiger partial charge is 0.466 e. The second-order valence-electron chi connectivity index (χ2n) is 8.53. The van der Waals surface area contributed by atoms with Crippen LogP contribution in [0.5, 0.6) is 0 Å². The van der Waals surface area contributed by atoms with Crippen LogP contribution in [0.1, 0.15) is 35.2 Å². The molecule has 3 aromatic rings. The Morgan fingerprint density at radius 1 is 1.03 bits per heavy atom. The van der Waals surface area contributed by atoms with Crippen molar-refractivity contribution in [3.05, 3.63) is 117 Å². The lowest BCUT2D eigenvalue weighted by molar-refractivity contribution is -0.138. The number of rotatable bonds is 6. The van der Waals surface area contributed by atoms with Crippen molar-refractivity contribution >= 4 is 23.5 Å². The smallest absolute Gasteiger partial charge is 0.416 e. The van der Waals surface area contributed by atoms with Gasteiger partial charge in [0.1, 0.15) is 0 Å². The Kier molecular flexibility index (Phi) is 7.88. The minimum Gasteiger partial charge on any atom is -0.466 e. The SMILES string of the molecule is COC(=O)C1=C(C)N(Cc2cccc(C(F)(F)F)c2)C(=NCc2ccccc2)NC1c1ccc(Cl)cc1. The first-order valence-corrected chi connectivity index (χ1v) is 11.9. The summed E-state index contributed by atoms with van der Waals surface area (Å²) in [6.45, 7) is 2.13. The summed E-state index contributed by atoms with van der Waals surface area (Å²) in [6.07, 6.45) is -4.47. The molecule has 37 heavy (non-hydrogen) atoms. The van der Waals surface area contributed by atoms with E-state index < -0.39 is 23.8 Å². The van der Waals surface area contributed by atoms with Crippen LogP contribution in [0.25, 0.3) is 0 Å². The van der Waals surface area contributed by atoms with Crippen molar-refractivity contribution in [2.24, 2.45) is 4.99 Å². The molecular weight excluding hydrogens is 503 g/mol. The molecule has 1 unspecified atom stereocenters. The van der Waals surface area contributed by atoms with E-state index in [1.54, 1.807) is 42.2 Å². The minimum atomic E-state index is -4.47. The van der Waals surface area contributed by atoms with Gasteiger partial charge in [0.2, 0.25) is 0 Å². The van der Waals surface area contributed by atoms with E-state index >= 15 is 0 Å². The summed E-state index contributed by atoms with van der Waals surface area (Å²) in [5.74, 6) is -0.132. The fraction of sp³-hybridized carbons (Fsp3) is 0.214. The molecule has 1 heterocycles. The first kappa shape index (κ1) is 26.3. The predicted octanol–water partition coefficient (Wildman–Crippen LogP) is 6.51. The number of hydrogen-bond donors (Lipinski definition) is 1. The molecule has 0 radical (unpaired) electrons. The van der Waals surface area contributed by atoms with Crippen molar-refractivity contribution in [3.63, 3.8) is 0 Å². The number of nitrogens with one attached hydrogen (secondary N) is 1. The van der Waals surface area contributed by atoms with Crippen LogP contribution in [-0.4, -0.2) is 23.9 Å². The lowest BCUT2D eigenvalue weighted by atomic mass is 9.94. The van der Waals surface area contributed by atoms with Gasteiger partial charge in [-0.25, -0.2) is 9.79 Å². The number of alkyl halides is 3. The van der Waals surface area contributed by atoms with E-state index in [-0.39, 0.29) is 6.54 Å². The Hall–Kier alpha value is -3.78. The Morgan fingerprint density at radius 3 is 2.35 bits per heavy atom. The fourth-order valence-electron chi connectivity index (χ4n) is 4.18. The first-order chi connectivity index (χ1) is 17.7. The summed E-state index contributed by atoms with van der Waals surface area (Å²) in [5.41, 5.74) is 2.24. The van der Waals surface area contributed by atoms with E-state index in [0.29, 0.717) is 34.4 Å². The average molecular weight is 528 g/mol. The van der Waals surface area contributed by atoms with E-state index in [2.05, 4.69) is 5.32 Å². The van der Waals surface area contributed by atoms with Crippen molar-refractivity contribution in [3.8, 4) is 0 Å². The number of methoxy groups -OCH3 is 1. The maximum atomic E-state index is 13.4. The first-order valence-electron chi connectivity index (χ1n) is 11.5. The van der Waals surface area contributed by atoms with Crippen LogP contribution >= 0.6 is 11.6 Å². The molecule has 1 atom stereocenters. The Labute approximate surface area is 218 Å². The molecule has 4 rings (SSSR count). The molecule has 0 aromatic heterocycles. The zero-order valence-electron chi connectivity index (χ0n) is 20.2. The van der Waals surface area contributed by atoms with Gasteiger partial charge in [0, 0.05) is 10.7 Å². The number of halogens is 4. The molecule has 192 valence electrons. The summed E-state index contributed by atoms with van der Waals surface area (Å²) in [6, 6.07) is 21.1. The summed E-state index contributed by atoms with van der Waals surface area (Å²) in [5, 5.41) is 3.87. The highest BCUT2D eigenvalue weighted by atomic mass is 35.5. The van der Waals surface area contributed by atoms with Crippen LogP contribution in [-0.2, 0) is 28.8 Å². The molecule has 0 spiro atoms. The number of allylic oxidation sites excluding steroid dienone is 1. The highest BCUT2D eigenvalue weighted by Crippen LogP contribution is 2.34. The second kappa shape index (κ2) is 11.1. The van der Waals surface area contributed by atoms with Crippen LogP contribution in [0.4, 0.5) is 13.2 Å². The summed E-state index contributed by atoms with van der Waals surface area (Å²) < 4.78 is 45.2. The normalized spacial score (nSPS) is 17.1. The topological polar surface area (TPSA) is 53.9 Å². The number of aliphatic imine (C=N–C) groups is 1. The molecule has 0 aliphatic carbocycles. The summed E-state index contributed by atoms with van der Waals surface area (Å²) in [4.78, 5) is 19.4. The third kappa shape index (κ3) is 6.14. The van der Waals surface area contributed by atoms with Gasteiger partial charge in [-0.3, -0.25) is 0 Å². The average Bonchev–Trinajstić information content (AvgIpc) is 2.89. The molecule has 9 heteroatoms. The highest BCUT2D eigenvalue weighted by Gasteiger charge is 2.36. The Balaban J connectivity index is 1.80. The van der Waals surface area contributed by atoms with E-state index in [1.807, 2.05) is 30.3 Å². The number of nitrogens with zero attached hydrogens (tertiary/aromatic N) is 2.